The predicted octanol–water partition coefficient (Wildman–Crippen LogP) is 2.31. The van der Waals surface area contributed by atoms with E-state index in [2.05, 4.69) is 29.2 Å². The average molecular weight is 301 g/mol. The lowest BCUT2D eigenvalue weighted by Crippen LogP contribution is -2.29. The summed E-state index contributed by atoms with van der Waals surface area (Å²) < 4.78 is 0. The Labute approximate surface area is 128 Å². The third-order valence-electron chi connectivity index (χ3n) is 3.89. The van der Waals surface area contributed by atoms with Gasteiger partial charge in [0.15, 0.2) is 0 Å². The lowest BCUT2D eigenvalue weighted by Gasteiger charge is -2.15. The predicted molar refractivity (Wildman–Crippen MR) is 84.2 cm³/mol. The number of rotatable bonds is 4. The van der Waals surface area contributed by atoms with Crippen molar-refractivity contribution in [2.45, 2.75) is 19.4 Å². The molecule has 1 aromatic heterocycles. The minimum atomic E-state index is 0.0431. The zero-order valence-electron chi connectivity index (χ0n) is 11.9. The van der Waals surface area contributed by atoms with Crippen LogP contribution in [0.2, 0.25) is 0 Å². The van der Waals surface area contributed by atoms with Crippen LogP contribution in [0.25, 0.3) is 0 Å². The molecule has 2 aromatic rings. The molecule has 1 amide bonds. The maximum Gasteiger partial charge on any atom is 0.273 e. The largest absolute Gasteiger partial charge is 0.337 e. The maximum absolute atomic E-state index is 12.4. The van der Waals surface area contributed by atoms with Gasteiger partial charge in [0, 0.05) is 25.0 Å². The summed E-state index contributed by atoms with van der Waals surface area (Å²) >= 11 is 1.46. The molecule has 0 aliphatic carbocycles. The molecular weight excluding hydrogens is 282 g/mol. The van der Waals surface area contributed by atoms with E-state index in [1.54, 1.807) is 0 Å². The fraction of sp³-hybridized carbons (Fsp3) is 0.375. The molecule has 1 aliphatic rings. The summed E-state index contributed by atoms with van der Waals surface area (Å²) in [6, 6.07) is 10.5. The van der Waals surface area contributed by atoms with Crippen LogP contribution in [0.5, 0.6) is 0 Å². The molecule has 4 nitrogen and oxygen atoms in total. The number of aromatic nitrogens is 1. The van der Waals surface area contributed by atoms with Crippen molar-refractivity contribution < 1.29 is 4.79 Å². The second kappa shape index (κ2) is 6.37. The van der Waals surface area contributed by atoms with E-state index in [-0.39, 0.29) is 5.91 Å². The van der Waals surface area contributed by atoms with Crippen LogP contribution in [-0.2, 0) is 13.0 Å². The number of benzene rings is 1. The molecule has 2 N–H and O–H groups in total. The van der Waals surface area contributed by atoms with Gasteiger partial charge in [0.05, 0.1) is 0 Å². The van der Waals surface area contributed by atoms with E-state index in [9.17, 15) is 4.79 Å². The highest BCUT2D eigenvalue weighted by Crippen LogP contribution is 2.23. The van der Waals surface area contributed by atoms with Crippen LogP contribution in [-0.4, -0.2) is 28.9 Å². The van der Waals surface area contributed by atoms with Gasteiger partial charge in [0.25, 0.3) is 5.91 Å². The molecule has 0 radical (unpaired) electrons. The Bertz CT molecular complexity index is 611. The Morgan fingerprint density at radius 3 is 2.90 bits per heavy atom. The van der Waals surface area contributed by atoms with Crippen molar-refractivity contribution >= 4 is 17.2 Å². The molecule has 21 heavy (non-hydrogen) atoms. The lowest BCUT2D eigenvalue weighted by atomic mass is 9.99. The van der Waals surface area contributed by atoms with Gasteiger partial charge in [-0.25, -0.2) is 4.98 Å². The Morgan fingerprint density at radius 1 is 1.38 bits per heavy atom. The van der Waals surface area contributed by atoms with E-state index < -0.39 is 0 Å². The van der Waals surface area contributed by atoms with Gasteiger partial charge >= 0.3 is 0 Å². The number of thiazole rings is 1. The lowest BCUT2D eigenvalue weighted by molar-refractivity contribution is 0.0782. The van der Waals surface area contributed by atoms with Crippen molar-refractivity contribution in [1.29, 1.82) is 0 Å². The van der Waals surface area contributed by atoms with Crippen LogP contribution in [0.3, 0.4) is 0 Å². The third-order valence-corrected chi connectivity index (χ3v) is 4.76. The summed E-state index contributed by atoms with van der Waals surface area (Å²) in [5, 5.41) is 2.63. The highest BCUT2D eigenvalue weighted by molar-refractivity contribution is 7.09. The van der Waals surface area contributed by atoms with Crippen molar-refractivity contribution in [1.82, 2.24) is 9.88 Å². The van der Waals surface area contributed by atoms with Gasteiger partial charge in [-0.1, -0.05) is 30.3 Å². The Balaban J connectivity index is 1.60. The molecule has 0 bridgehead atoms. The number of amides is 1. The van der Waals surface area contributed by atoms with Gasteiger partial charge in [-0.05, 0) is 24.3 Å². The van der Waals surface area contributed by atoms with Gasteiger partial charge in [0.2, 0.25) is 0 Å². The number of carbonyl (C=O) groups excluding carboxylic acids is 1. The topological polar surface area (TPSA) is 59.2 Å². The first-order valence-corrected chi connectivity index (χ1v) is 8.12. The minimum Gasteiger partial charge on any atom is -0.337 e. The molecule has 3 rings (SSSR count). The summed E-state index contributed by atoms with van der Waals surface area (Å²) in [6.45, 7) is 2.05. The SMILES string of the molecule is NCc1nc(C(=O)N2CCC(Cc3ccccc3)C2)cs1. The number of nitrogens with zero attached hydrogens (tertiary/aromatic N) is 2. The number of hydrogen-bond acceptors (Lipinski definition) is 4. The van der Waals surface area contributed by atoms with Crippen LogP contribution >= 0.6 is 11.3 Å². The van der Waals surface area contributed by atoms with Gasteiger partial charge in [0.1, 0.15) is 10.7 Å². The number of nitrogens with two attached hydrogens (primary N) is 1. The average Bonchev–Trinajstić information content (AvgIpc) is 3.16. The molecule has 2 heterocycles. The molecule has 5 heteroatoms. The molecule has 110 valence electrons. The smallest absolute Gasteiger partial charge is 0.273 e. The van der Waals surface area contributed by atoms with Crippen LogP contribution in [0.4, 0.5) is 0 Å². The van der Waals surface area contributed by atoms with Crippen LogP contribution in [0, 0.1) is 5.92 Å². The van der Waals surface area contributed by atoms with Crippen molar-refractivity contribution in [3.8, 4) is 0 Å². The first kappa shape index (κ1) is 14.2. The summed E-state index contributed by atoms with van der Waals surface area (Å²) in [6.07, 6.45) is 2.10. The second-order valence-electron chi connectivity index (χ2n) is 5.43. The monoisotopic (exact) mass is 301 g/mol. The normalized spacial score (nSPS) is 18.1. The molecule has 1 aromatic carbocycles. The van der Waals surface area contributed by atoms with Crippen molar-refractivity contribution in [3.05, 3.63) is 52.0 Å². The molecule has 0 spiro atoms. The maximum atomic E-state index is 12.4. The summed E-state index contributed by atoms with van der Waals surface area (Å²) in [7, 11) is 0. The zero-order chi connectivity index (χ0) is 14.7. The quantitative estimate of drug-likeness (QED) is 0.942. The first-order chi connectivity index (χ1) is 10.3. The number of hydrogen-bond donors (Lipinski definition) is 1. The zero-order valence-corrected chi connectivity index (χ0v) is 12.7. The fourth-order valence-electron chi connectivity index (χ4n) is 2.80. The van der Waals surface area contributed by atoms with E-state index in [1.807, 2.05) is 16.3 Å². The van der Waals surface area contributed by atoms with Gasteiger partial charge in [-0.3, -0.25) is 4.79 Å². The minimum absolute atomic E-state index is 0.0431. The second-order valence-corrected chi connectivity index (χ2v) is 6.37. The molecule has 1 fully saturated rings. The molecular formula is C16H19N3OS. The number of likely N-dealkylation sites (tertiary alicyclic amines) is 1. The van der Waals surface area contributed by atoms with E-state index >= 15 is 0 Å². The summed E-state index contributed by atoms with van der Waals surface area (Å²) in [5.41, 5.74) is 7.43. The van der Waals surface area contributed by atoms with E-state index in [0.717, 1.165) is 30.9 Å². The van der Waals surface area contributed by atoms with Crippen LogP contribution in [0.1, 0.15) is 27.5 Å². The van der Waals surface area contributed by atoms with E-state index in [4.69, 9.17) is 5.73 Å². The van der Waals surface area contributed by atoms with Crippen molar-refractivity contribution in [2.75, 3.05) is 13.1 Å². The van der Waals surface area contributed by atoms with E-state index in [0.29, 0.717) is 18.2 Å². The molecule has 0 saturated carbocycles. The van der Waals surface area contributed by atoms with Crippen LogP contribution in [0.15, 0.2) is 35.7 Å². The molecule has 1 saturated heterocycles. The first-order valence-electron chi connectivity index (χ1n) is 7.24. The Kier molecular flexibility index (Phi) is 4.31. The fourth-order valence-corrected chi connectivity index (χ4v) is 3.44. The highest BCUT2D eigenvalue weighted by atomic mass is 32.1. The third kappa shape index (κ3) is 3.31. The van der Waals surface area contributed by atoms with Gasteiger partial charge < -0.3 is 10.6 Å². The van der Waals surface area contributed by atoms with Gasteiger partial charge in [-0.2, -0.15) is 0 Å². The standard InChI is InChI=1S/C16H19N3OS/c17-9-15-18-14(11-21-15)16(20)19-7-6-13(10-19)8-12-4-2-1-3-5-12/h1-5,11,13H,6-10,17H2. The Morgan fingerprint density at radius 2 is 2.19 bits per heavy atom. The Hall–Kier alpha value is -1.72. The molecule has 1 unspecified atom stereocenters. The van der Waals surface area contributed by atoms with Crippen molar-refractivity contribution in [3.63, 3.8) is 0 Å². The van der Waals surface area contributed by atoms with Crippen LogP contribution < -0.4 is 5.73 Å². The number of carbonyl (C=O) groups is 1. The molecule has 1 atom stereocenters. The summed E-state index contributed by atoms with van der Waals surface area (Å²) in [5.74, 6) is 0.588. The van der Waals surface area contributed by atoms with E-state index in [1.165, 1.54) is 16.9 Å². The summed E-state index contributed by atoms with van der Waals surface area (Å²) in [4.78, 5) is 18.6. The van der Waals surface area contributed by atoms with Gasteiger partial charge in [-0.15, -0.1) is 11.3 Å². The van der Waals surface area contributed by atoms with Crippen molar-refractivity contribution in [2.24, 2.45) is 11.7 Å². The molecule has 1 aliphatic heterocycles. The highest BCUT2D eigenvalue weighted by Gasteiger charge is 2.28.